The third kappa shape index (κ3) is 4.36. The van der Waals surface area contributed by atoms with E-state index in [0.29, 0.717) is 24.6 Å². The van der Waals surface area contributed by atoms with Crippen LogP contribution in [0.3, 0.4) is 0 Å². The van der Waals surface area contributed by atoms with Gasteiger partial charge >= 0.3 is 0 Å². The topological polar surface area (TPSA) is 59.0 Å². The van der Waals surface area contributed by atoms with Gasteiger partial charge in [0.15, 0.2) is 17.6 Å². The average Bonchev–Trinajstić information content (AvgIpc) is 2.48. The van der Waals surface area contributed by atoms with Crippen molar-refractivity contribution in [2.45, 2.75) is 39.9 Å². The standard InChI is InChI=1S/C16H25NO4/c1-6-17(7-2)16(19)12(4)21-14-9-8-13(11(3)18)10-15(14)20-5/h8-12,18H,6-7H2,1-5H3/t11-,12?/m0/s1. The number of likely N-dealkylation sites (N-methyl/N-ethyl adjacent to an activating group) is 1. The van der Waals surface area contributed by atoms with Gasteiger partial charge < -0.3 is 19.5 Å². The van der Waals surface area contributed by atoms with Gasteiger partial charge in [0.05, 0.1) is 13.2 Å². The first-order valence-electron chi connectivity index (χ1n) is 7.25. The molecule has 0 heterocycles. The number of benzene rings is 1. The molecule has 118 valence electrons. The van der Waals surface area contributed by atoms with Crippen LogP contribution in [0.15, 0.2) is 18.2 Å². The minimum absolute atomic E-state index is 0.0540. The second-order valence-electron chi connectivity index (χ2n) is 4.86. The van der Waals surface area contributed by atoms with Crippen molar-refractivity contribution in [3.8, 4) is 11.5 Å². The summed E-state index contributed by atoms with van der Waals surface area (Å²) in [6.45, 7) is 8.59. The van der Waals surface area contributed by atoms with Gasteiger partial charge in [0, 0.05) is 13.1 Å². The molecule has 1 aromatic carbocycles. The third-order valence-corrected chi connectivity index (χ3v) is 3.40. The summed E-state index contributed by atoms with van der Waals surface area (Å²) in [7, 11) is 1.53. The van der Waals surface area contributed by atoms with E-state index in [4.69, 9.17) is 9.47 Å². The van der Waals surface area contributed by atoms with Crippen LogP contribution in [0, 0.1) is 0 Å². The summed E-state index contributed by atoms with van der Waals surface area (Å²) < 4.78 is 11.0. The summed E-state index contributed by atoms with van der Waals surface area (Å²) in [6, 6.07) is 5.19. The van der Waals surface area contributed by atoms with Crippen molar-refractivity contribution in [1.29, 1.82) is 0 Å². The van der Waals surface area contributed by atoms with Gasteiger partial charge in [0.1, 0.15) is 0 Å². The number of carbonyl (C=O) groups excluding carboxylic acids is 1. The Labute approximate surface area is 126 Å². The maximum Gasteiger partial charge on any atom is 0.263 e. The molecule has 0 bridgehead atoms. The number of hydrogen-bond donors (Lipinski definition) is 1. The third-order valence-electron chi connectivity index (χ3n) is 3.40. The molecule has 1 N–H and O–H groups in total. The van der Waals surface area contributed by atoms with Crippen molar-refractivity contribution < 1.29 is 19.4 Å². The molecule has 0 radical (unpaired) electrons. The van der Waals surface area contributed by atoms with Gasteiger partial charge in [-0.3, -0.25) is 4.79 Å². The van der Waals surface area contributed by atoms with E-state index < -0.39 is 12.2 Å². The van der Waals surface area contributed by atoms with Crippen LogP contribution in [0.25, 0.3) is 0 Å². The van der Waals surface area contributed by atoms with E-state index in [-0.39, 0.29) is 5.91 Å². The van der Waals surface area contributed by atoms with Gasteiger partial charge in [-0.05, 0) is 45.4 Å². The molecule has 0 aliphatic heterocycles. The minimum Gasteiger partial charge on any atom is -0.493 e. The monoisotopic (exact) mass is 295 g/mol. The van der Waals surface area contributed by atoms with Crippen molar-refractivity contribution in [2.24, 2.45) is 0 Å². The zero-order chi connectivity index (χ0) is 16.0. The Morgan fingerprint density at radius 3 is 2.33 bits per heavy atom. The largest absolute Gasteiger partial charge is 0.493 e. The first kappa shape index (κ1) is 17.3. The molecule has 5 heteroatoms. The molecule has 2 atom stereocenters. The van der Waals surface area contributed by atoms with Gasteiger partial charge in [0.2, 0.25) is 0 Å². The summed E-state index contributed by atoms with van der Waals surface area (Å²) in [6.07, 6.45) is -1.17. The van der Waals surface area contributed by atoms with Crippen molar-refractivity contribution in [3.05, 3.63) is 23.8 Å². The fraction of sp³-hybridized carbons (Fsp3) is 0.562. The Hall–Kier alpha value is -1.75. The molecule has 0 saturated heterocycles. The van der Waals surface area contributed by atoms with Crippen LogP contribution in [0.2, 0.25) is 0 Å². The highest BCUT2D eigenvalue weighted by Gasteiger charge is 2.21. The molecular weight excluding hydrogens is 270 g/mol. The Morgan fingerprint density at radius 1 is 1.24 bits per heavy atom. The van der Waals surface area contributed by atoms with Gasteiger partial charge in [0.25, 0.3) is 5.91 Å². The molecule has 21 heavy (non-hydrogen) atoms. The van der Waals surface area contributed by atoms with Crippen molar-refractivity contribution in [3.63, 3.8) is 0 Å². The summed E-state index contributed by atoms with van der Waals surface area (Å²) in [5.41, 5.74) is 0.738. The Balaban J connectivity index is 2.89. The number of nitrogens with zero attached hydrogens (tertiary/aromatic N) is 1. The molecule has 1 rings (SSSR count). The van der Waals surface area contributed by atoms with Crippen LogP contribution < -0.4 is 9.47 Å². The average molecular weight is 295 g/mol. The molecule has 0 saturated carbocycles. The highest BCUT2D eigenvalue weighted by molar-refractivity contribution is 5.80. The van der Waals surface area contributed by atoms with Crippen LogP contribution in [-0.4, -0.2) is 42.2 Å². The second kappa shape index (κ2) is 7.88. The molecule has 0 aliphatic rings. The lowest BCUT2D eigenvalue weighted by atomic mass is 10.1. The van der Waals surface area contributed by atoms with Crippen LogP contribution in [0.5, 0.6) is 11.5 Å². The highest BCUT2D eigenvalue weighted by atomic mass is 16.5. The quantitative estimate of drug-likeness (QED) is 0.839. The van der Waals surface area contributed by atoms with Gasteiger partial charge in [-0.2, -0.15) is 0 Å². The first-order chi connectivity index (χ1) is 9.94. The van der Waals surface area contributed by atoms with E-state index in [1.54, 1.807) is 36.9 Å². The number of rotatable bonds is 7. The number of methoxy groups -OCH3 is 1. The molecule has 0 spiro atoms. The van der Waals surface area contributed by atoms with E-state index in [0.717, 1.165) is 5.56 Å². The van der Waals surface area contributed by atoms with Crippen LogP contribution in [0.1, 0.15) is 39.4 Å². The SMILES string of the molecule is CCN(CC)C(=O)C(C)Oc1ccc([C@H](C)O)cc1OC. The van der Waals surface area contributed by atoms with Gasteiger partial charge in [-0.15, -0.1) is 0 Å². The second-order valence-corrected chi connectivity index (χ2v) is 4.86. The van der Waals surface area contributed by atoms with E-state index >= 15 is 0 Å². The lowest BCUT2D eigenvalue weighted by Gasteiger charge is -2.24. The first-order valence-corrected chi connectivity index (χ1v) is 7.25. The smallest absolute Gasteiger partial charge is 0.263 e. The Bertz CT molecular complexity index is 469. The summed E-state index contributed by atoms with van der Waals surface area (Å²) in [5, 5.41) is 9.58. The van der Waals surface area contributed by atoms with E-state index in [9.17, 15) is 9.90 Å². The molecule has 0 aromatic heterocycles. The van der Waals surface area contributed by atoms with E-state index in [1.165, 1.54) is 7.11 Å². The number of aliphatic hydroxyl groups excluding tert-OH is 1. The normalized spacial score (nSPS) is 13.4. The fourth-order valence-corrected chi connectivity index (χ4v) is 2.07. The predicted octanol–water partition coefficient (Wildman–Crippen LogP) is 2.38. The maximum absolute atomic E-state index is 12.2. The van der Waals surface area contributed by atoms with E-state index in [2.05, 4.69) is 0 Å². The van der Waals surface area contributed by atoms with E-state index in [1.807, 2.05) is 13.8 Å². The molecule has 5 nitrogen and oxygen atoms in total. The lowest BCUT2D eigenvalue weighted by molar-refractivity contribution is -0.137. The van der Waals surface area contributed by atoms with Gasteiger partial charge in [-0.1, -0.05) is 6.07 Å². The Kier molecular flexibility index (Phi) is 6.49. The number of carbonyl (C=O) groups is 1. The number of amides is 1. The number of aliphatic hydroxyl groups is 1. The summed E-state index contributed by atoms with van der Waals surface area (Å²) in [4.78, 5) is 13.9. The molecular formula is C16H25NO4. The van der Waals surface area contributed by atoms with Crippen molar-refractivity contribution in [1.82, 2.24) is 4.90 Å². The van der Waals surface area contributed by atoms with Crippen molar-refractivity contribution >= 4 is 5.91 Å². The number of hydrogen-bond acceptors (Lipinski definition) is 4. The van der Waals surface area contributed by atoms with Crippen LogP contribution >= 0.6 is 0 Å². The highest BCUT2D eigenvalue weighted by Crippen LogP contribution is 2.31. The van der Waals surface area contributed by atoms with Crippen LogP contribution in [0.4, 0.5) is 0 Å². The lowest BCUT2D eigenvalue weighted by Crippen LogP contribution is -2.40. The number of ether oxygens (including phenoxy) is 2. The van der Waals surface area contributed by atoms with Crippen molar-refractivity contribution in [2.75, 3.05) is 20.2 Å². The fourth-order valence-electron chi connectivity index (χ4n) is 2.07. The van der Waals surface area contributed by atoms with Crippen LogP contribution in [-0.2, 0) is 4.79 Å². The predicted molar refractivity (Wildman–Crippen MR) is 81.6 cm³/mol. The molecule has 1 amide bonds. The van der Waals surface area contributed by atoms with Gasteiger partial charge in [-0.25, -0.2) is 0 Å². The molecule has 1 unspecified atom stereocenters. The zero-order valence-electron chi connectivity index (χ0n) is 13.4. The zero-order valence-corrected chi connectivity index (χ0v) is 13.4. The summed E-state index contributed by atoms with van der Waals surface area (Å²) >= 11 is 0. The minimum atomic E-state index is -0.587. The Morgan fingerprint density at radius 2 is 1.86 bits per heavy atom. The molecule has 0 fully saturated rings. The maximum atomic E-state index is 12.2. The summed E-state index contributed by atoms with van der Waals surface area (Å²) in [5.74, 6) is 0.948. The molecule has 1 aromatic rings. The molecule has 0 aliphatic carbocycles.